The molecule has 0 saturated heterocycles. The van der Waals surface area contributed by atoms with E-state index in [9.17, 15) is 4.79 Å². The SMILES string of the molecule is CCCCCN(C)CC(C)(C)C(=O)c1ccccc1. The number of hydrogen-bond acceptors (Lipinski definition) is 2. The summed E-state index contributed by atoms with van der Waals surface area (Å²) in [6.07, 6.45) is 3.71. The van der Waals surface area contributed by atoms with Crippen molar-refractivity contribution in [1.29, 1.82) is 0 Å². The first-order valence-electron chi connectivity index (χ1n) is 7.26. The summed E-state index contributed by atoms with van der Waals surface area (Å²) in [6, 6.07) is 9.60. The first kappa shape index (κ1) is 15.9. The predicted octanol–water partition coefficient (Wildman–Crippen LogP) is 4.02. The molecule has 1 aromatic rings. The van der Waals surface area contributed by atoms with Crippen LogP contribution in [0.25, 0.3) is 0 Å². The minimum absolute atomic E-state index is 0.232. The molecule has 0 aromatic heterocycles. The molecule has 0 spiro atoms. The number of Topliss-reactive ketones (excluding diaryl/α,β-unsaturated/α-hetero) is 1. The second-order valence-corrected chi connectivity index (χ2v) is 6.02. The minimum Gasteiger partial charge on any atom is -0.305 e. The van der Waals surface area contributed by atoms with Gasteiger partial charge in [-0.2, -0.15) is 0 Å². The van der Waals surface area contributed by atoms with Crippen LogP contribution in [-0.4, -0.2) is 30.8 Å². The van der Waals surface area contributed by atoms with Crippen LogP contribution in [0.15, 0.2) is 30.3 Å². The van der Waals surface area contributed by atoms with Gasteiger partial charge in [-0.25, -0.2) is 0 Å². The molecule has 2 heteroatoms. The van der Waals surface area contributed by atoms with E-state index in [2.05, 4.69) is 18.9 Å². The zero-order valence-corrected chi connectivity index (χ0v) is 12.8. The maximum atomic E-state index is 12.5. The quantitative estimate of drug-likeness (QED) is 0.520. The number of benzene rings is 1. The molecule has 1 rings (SSSR count). The van der Waals surface area contributed by atoms with Gasteiger partial charge in [0, 0.05) is 17.5 Å². The third kappa shape index (κ3) is 5.15. The number of nitrogens with zero attached hydrogens (tertiary/aromatic N) is 1. The molecule has 0 radical (unpaired) electrons. The zero-order chi connectivity index (χ0) is 14.3. The van der Waals surface area contributed by atoms with Gasteiger partial charge in [0.1, 0.15) is 0 Å². The number of ketones is 1. The van der Waals surface area contributed by atoms with Gasteiger partial charge in [0.15, 0.2) is 5.78 Å². The van der Waals surface area contributed by atoms with Gasteiger partial charge < -0.3 is 4.90 Å². The molecule has 0 aliphatic carbocycles. The molecule has 0 unspecified atom stereocenters. The molecule has 106 valence electrons. The Hall–Kier alpha value is -1.15. The van der Waals surface area contributed by atoms with Crippen molar-refractivity contribution < 1.29 is 4.79 Å². The zero-order valence-electron chi connectivity index (χ0n) is 12.8. The van der Waals surface area contributed by atoms with Gasteiger partial charge >= 0.3 is 0 Å². The Morgan fingerprint density at radius 3 is 2.37 bits per heavy atom. The lowest BCUT2D eigenvalue weighted by Crippen LogP contribution is -2.37. The number of rotatable bonds is 8. The van der Waals surface area contributed by atoms with Crippen LogP contribution in [0.4, 0.5) is 0 Å². The van der Waals surface area contributed by atoms with Crippen molar-refractivity contribution in [3.05, 3.63) is 35.9 Å². The summed E-state index contributed by atoms with van der Waals surface area (Å²) in [7, 11) is 2.11. The third-order valence-corrected chi connectivity index (χ3v) is 3.46. The fraction of sp³-hybridized carbons (Fsp3) is 0.588. The molecule has 0 heterocycles. The number of unbranched alkanes of at least 4 members (excludes halogenated alkanes) is 2. The predicted molar refractivity (Wildman–Crippen MR) is 81.6 cm³/mol. The first-order chi connectivity index (χ1) is 8.97. The standard InChI is InChI=1S/C17H27NO/c1-5-6-10-13-18(4)14-17(2,3)16(19)15-11-8-7-9-12-15/h7-9,11-12H,5-6,10,13-14H2,1-4H3. The second-order valence-electron chi connectivity index (χ2n) is 6.02. The monoisotopic (exact) mass is 261 g/mol. The molecule has 0 atom stereocenters. The van der Waals surface area contributed by atoms with Gasteiger partial charge in [0.2, 0.25) is 0 Å². The number of hydrogen-bond donors (Lipinski definition) is 0. The van der Waals surface area contributed by atoms with E-state index in [4.69, 9.17) is 0 Å². The minimum atomic E-state index is -0.331. The summed E-state index contributed by atoms with van der Waals surface area (Å²) in [5.74, 6) is 0.232. The smallest absolute Gasteiger partial charge is 0.169 e. The summed E-state index contributed by atoms with van der Waals surface area (Å²) in [5.41, 5.74) is 0.483. The van der Waals surface area contributed by atoms with Crippen molar-refractivity contribution in [1.82, 2.24) is 4.90 Å². The van der Waals surface area contributed by atoms with Crippen LogP contribution in [0.5, 0.6) is 0 Å². The molecule has 0 N–H and O–H groups in total. The van der Waals surface area contributed by atoms with Gasteiger partial charge in [-0.3, -0.25) is 4.79 Å². The molecule has 0 amide bonds. The molecular weight excluding hydrogens is 234 g/mol. The lowest BCUT2D eigenvalue weighted by molar-refractivity contribution is 0.0782. The largest absolute Gasteiger partial charge is 0.305 e. The molecule has 0 aliphatic heterocycles. The highest BCUT2D eigenvalue weighted by Crippen LogP contribution is 2.23. The molecule has 1 aromatic carbocycles. The Labute approximate surface area is 117 Å². The van der Waals surface area contributed by atoms with Crippen LogP contribution >= 0.6 is 0 Å². The van der Waals surface area contributed by atoms with Crippen LogP contribution in [0.1, 0.15) is 50.4 Å². The van der Waals surface area contributed by atoms with Gasteiger partial charge in [-0.15, -0.1) is 0 Å². The van der Waals surface area contributed by atoms with Gasteiger partial charge in [-0.05, 0) is 20.0 Å². The lowest BCUT2D eigenvalue weighted by Gasteiger charge is -2.29. The highest BCUT2D eigenvalue weighted by Gasteiger charge is 2.29. The van der Waals surface area contributed by atoms with Crippen molar-refractivity contribution in [2.75, 3.05) is 20.1 Å². The normalized spacial score (nSPS) is 11.8. The topological polar surface area (TPSA) is 20.3 Å². The fourth-order valence-corrected chi connectivity index (χ4v) is 2.44. The molecule has 0 fully saturated rings. The Kier molecular flexibility index (Phi) is 6.23. The van der Waals surface area contributed by atoms with Crippen molar-refractivity contribution in [3.8, 4) is 0 Å². The van der Waals surface area contributed by atoms with Gasteiger partial charge in [0.25, 0.3) is 0 Å². The Bertz CT molecular complexity index is 384. The van der Waals surface area contributed by atoms with Crippen molar-refractivity contribution in [2.45, 2.75) is 40.0 Å². The maximum absolute atomic E-state index is 12.5. The Morgan fingerprint density at radius 2 is 1.79 bits per heavy atom. The van der Waals surface area contributed by atoms with Crippen molar-refractivity contribution in [2.24, 2.45) is 5.41 Å². The molecule has 2 nitrogen and oxygen atoms in total. The first-order valence-corrected chi connectivity index (χ1v) is 7.26. The summed E-state index contributed by atoms with van der Waals surface area (Å²) in [6.45, 7) is 8.17. The molecule has 0 aliphatic rings. The van der Waals surface area contributed by atoms with Crippen LogP contribution in [0.3, 0.4) is 0 Å². The van der Waals surface area contributed by atoms with E-state index in [0.29, 0.717) is 0 Å². The number of carbonyl (C=O) groups excluding carboxylic acids is 1. The molecular formula is C17H27NO. The fourth-order valence-electron chi connectivity index (χ4n) is 2.44. The van der Waals surface area contributed by atoms with E-state index in [1.807, 2.05) is 44.2 Å². The van der Waals surface area contributed by atoms with Crippen LogP contribution in [0.2, 0.25) is 0 Å². The average Bonchev–Trinajstić information content (AvgIpc) is 2.38. The summed E-state index contributed by atoms with van der Waals surface area (Å²) < 4.78 is 0. The molecule has 0 bridgehead atoms. The second kappa shape index (κ2) is 7.44. The van der Waals surface area contributed by atoms with E-state index >= 15 is 0 Å². The van der Waals surface area contributed by atoms with Gasteiger partial charge in [0.05, 0.1) is 0 Å². The van der Waals surface area contributed by atoms with E-state index in [0.717, 1.165) is 18.7 Å². The summed E-state index contributed by atoms with van der Waals surface area (Å²) >= 11 is 0. The average molecular weight is 261 g/mol. The highest BCUT2D eigenvalue weighted by molar-refractivity contribution is 6.00. The maximum Gasteiger partial charge on any atom is 0.169 e. The number of carbonyl (C=O) groups is 1. The third-order valence-electron chi connectivity index (χ3n) is 3.46. The molecule has 0 saturated carbocycles. The van der Waals surface area contributed by atoms with Crippen LogP contribution < -0.4 is 0 Å². The van der Waals surface area contributed by atoms with E-state index < -0.39 is 0 Å². The van der Waals surface area contributed by atoms with Crippen LogP contribution in [0, 0.1) is 5.41 Å². The van der Waals surface area contributed by atoms with Crippen molar-refractivity contribution in [3.63, 3.8) is 0 Å². The summed E-state index contributed by atoms with van der Waals surface area (Å²) in [4.78, 5) is 14.8. The van der Waals surface area contributed by atoms with Gasteiger partial charge in [-0.1, -0.05) is 63.9 Å². The highest BCUT2D eigenvalue weighted by atomic mass is 16.1. The Balaban J connectivity index is 2.57. The van der Waals surface area contributed by atoms with E-state index in [1.54, 1.807) is 0 Å². The lowest BCUT2D eigenvalue weighted by atomic mass is 9.83. The Morgan fingerprint density at radius 1 is 1.16 bits per heavy atom. The van der Waals surface area contributed by atoms with E-state index in [1.165, 1.54) is 19.3 Å². The van der Waals surface area contributed by atoms with E-state index in [-0.39, 0.29) is 11.2 Å². The van der Waals surface area contributed by atoms with Crippen molar-refractivity contribution >= 4 is 5.78 Å². The van der Waals surface area contributed by atoms with Crippen LogP contribution in [-0.2, 0) is 0 Å². The molecule has 19 heavy (non-hydrogen) atoms. The summed E-state index contributed by atoms with van der Waals surface area (Å²) in [5, 5.41) is 0.